The highest BCUT2D eigenvalue weighted by Crippen LogP contribution is 2.16. The summed E-state index contributed by atoms with van der Waals surface area (Å²) in [6, 6.07) is 5.99. The van der Waals surface area contributed by atoms with Gasteiger partial charge in [0, 0.05) is 13.1 Å². The third-order valence-corrected chi connectivity index (χ3v) is 3.80. The maximum absolute atomic E-state index is 11.9. The van der Waals surface area contributed by atoms with E-state index in [-0.39, 0.29) is 12.5 Å². The van der Waals surface area contributed by atoms with Crippen LogP contribution in [0, 0.1) is 0 Å². The van der Waals surface area contributed by atoms with Crippen molar-refractivity contribution < 1.29 is 19.4 Å². The molecule has 0 radical (unpaired) electrons. The molecule has 1 aliphatic heterocycles. The number of amides is 3. The molecule has 0 unspecified atom stereocenters. The van der Waals surface area contributed by atoms with Gasteiger partial charge >= 0.3 is 6.03 Å². The number of ether oxygens (including phenoxy) is 1. The molecular formula is C16H23N3O4. The largest absolute Gasteiger partial charge is 0.497 e. The number of aliphatic hydroxyl groups is 1. The second-order valence-corrected chi connectivity index (χ2v) is 5.48. The van der Waals surface area contributed by atoms with Crippen LogP contribution in [-0.2, 0) is 4.79 Å². The van der Waals surface area contributed by atoms with Crippen LogP contribution in [0.2, 0.25) is 0 Å². The third kappa shape index (κ3) is 5.14. The molecule has 1 aromatic rings. The lowest BCUT2D eigenvalue weighted by molar-refractivity contribution is -0.122. The van der Waals surface area contributed by atoms with E-state index >= 15 is 0 Å². The first-order valence-electron chi connectivity index (χ1n) is 7.74. The van der Waals surface area contributed by atoms with Crippen LogP contribution in [0.25, 0.3) is 0 Å². The van der Waals surface area contributed by atoms with Crippen LogP contribution in [-0.4, -0.2) is 43.3 Å². The Kier molecular flexibility index (Phi) is 6.22. The minimum atomic E-state index is -0.824. The Labute approximate surface area is 135 Å². The van der Waals surface area contributed by atoms with Gasteiger partial charge < -0.3 is 25.8 Å². The van der Waals surface area contributed by atoms with Gasteiger partial charge in [-0.3, -0.25) is 4.79 Å². The van der Waals surface area contributed by atoms with Crippen molar-refractivity contribution in [2.75, 3.05) is 20.2 Å². The van der Waals surface area contributed by atoms with E-state index < -0.39 is 18.2 Å². The number of aliphatic hydroxyl groups excluding tert-OH is 1. The van der Waals surface area contributed by atoms with E-state index in [9.17, 15) is 14.7 Å². The molecule has 0 spiro atoms. The number of carbonyl (C=O) groups excluding carboxylic acids is 2. The van der Waals surface area contributed by atoms with Crippen LogP contribution in [0.15, 0.2) is 24.3 Å². The van der Waals surface area contributed by atoms with E-state index in [1.54, 1.807) is 31.4 Å². The molecule has 1 fully saturated rings. The monoisotopic (exact) mass is 321 g/mol. The molecule has 7 nitrogen and oxygen atoms in total. The van der Waals surface area contributed by atoms with Gasteiger partial charge in [-0.15, -0.1) is 0 Å². The van der Waals surface area contributed by atoms with Crippen LogP contribution in [0.1, 0.15) is 30.9 Å². The van der Waals surface area contributed by atoms with E-state index in [0.29, 0.717) is 24.3 Å². The van der Waals surface area contributed by atoms with E-state index in [1.807, 2.05) is 0 Å². The summed E-state index contributed by atoms with van der Waals surface area (Å²) in [7, 11) is 1.57. The van der Waals surface area contributed by atoms with E-state index in [0.717, 1.165) is 12.8 Å². The average molecular weight is 321 g/mol. The van der Waals surface area contributed by atoms with Gasteiger partial charge in [0.15, 0.2) is 0 Å². The van der Waals surface area contributed by atoms with Crippen molar-refractivity contribution in [3.8, 4) is 5.75 Å². The average Bonchev–Trinajstić information content (AvgIpc) is 2.77. The molecule has 1 aliphatic rings. The molecule has 2 rings (SSSR count). The molecule has 0 aliphatic carbocycles. The molecule has 0 aromatic heterocycles. The Morgan fingerprint density at radius 3 is 2.83 bits per heavy atom. The van der Waals surface area contributed by atoms with Crippen LogP contribution in [0.4, 0.5) is 4.79 Å². The summed E-state index contributed by atoms with van der Waals surface area (Å²) >= 11 is 0. The first kappa shape index (κ1) is 17.1. The summed E-state index contributed by atoms with van der Waals surface area (Å²) in [6.45, 7) is 0.710. The Hall–Kier alpha value is -2.28. The molecule has 0 saturated carbocycles. The number of nitrogens with one attached hydrogen (secondary N) is 3. The number of hydrogen-bond donors (Lipinski definition) is 4. The van der Waals surface area contributed by atoms with Gasteiger partial charge in [0.1, 0.15) is 11.8 Å². The van der Waals surface area contributed by atoms with Gasteiger partial charge in [0.2, 0.25) is 5.91 Å². The van der Waals surface area contributed by atoms with Crippen molar-refractivity contribution in [2.45, 2.75) is 31.4 Å². The maximum Gasteiger partial charge on any atom is 0.315 e. The van der Waals surface area contributed by atoms with Gasteiger partial charge in [-0.2, -0.15) is 0 Å². The van der Waals surface area contributed by atoms with Crippen molar-refractivity contribution in [3.05, 3.63) is 29.8 Å². The van der Waals surface area contributed by atoms with Crippen molar-refractivity contribution in [2.24, 2.45) is 0 Å². The summed E-state index contributed by atoms with van der Waals surface area (Å²) in [6.07, 6.45) is 1.61. The van der Waals surface area contributed by atoms with Crippen LogP contribution >= 0.6 is 0 Å². The Balaban J connectivity index is 1.79. The normalized spacial score (nSPS) is 19.2. The standard InChI is InChI=1S/C16H23N3O4/c1-23-12-7-5-11(6-8-12)14(20)10-18-16(22)19-13-4-2-3-9-17-15(13)21/h5-8,13-14,20H,2-4,9-10H2,1H3,(H,17,21)(H2,18,19,22)/t13-,14-/m1/s1. The predicted molar refractivity (Wildman–Crippen MR) is 85.1 cm³/mol. The van der Waals surface area contributed by atoms with Crippen LogP contribution < -0.4 is 20.7 Å². The summed E-state index contributed by atoms with van der Waals surface area (Å²) < 4.78 is 5.05. The molecule has 126 valence electrons. The highest BCUT2D eigenvalue weighted by atomic mass is 16.5. The zero-order chi connectivity index (χ0) is 16.7. The van der Waals surface area contributed by atoms with Crippen molar-refractivity contribution in [1.29, 1.82) is 0 Å². The molecule has 1 aromatic carbocycles. The SMILES string of the molecule is COc1ccc([C@H](O)CNC(=O)N[C@@H]2CCCCNC2=O)cc1. The quantitative estimate of drug-likeness (QED) is 0.641. The smallest absolute Gasteiger partial charge is 0.315 e. The Morgan fingerprint density at radius 1 is 1.39 bits per heavy atom. The topological polar surface area (TPSA) is 99.7 Å². The molecule has 23 heavy (non-hydrogen) atoms. The highest BCUT2D eigenvalue weighted by molar-refractivity contribution is 5.87. The molecule has 0 bridgehead atoms. The number of rotatable bonds is 5. The number of hydrogen-bond acceptors (Lipinski definition) is 4. The summed E-state index contributed by atoms with van der Waals surface area (Å²) in [5, 5.41) is 18.1. The first-order chi connectivity index (χ1) is 11.1. The van der Waals surface area contributed by atoms with Crippen molar-refractivity contribution >= 4 is 11.9 Å². The molecule has 1 heterocycles. The summed E-state index contributed by atoms with van der Waals surface area (Å²) in [5.41, 5.74) is 0.679. The van der Waals surface area contributed by atoms with Gasteiger partial charge in [-0.1, -0.05) is 12.1 Å². The number of methoxy groups -OCH3 is 1. The van der Waals surface area contributed by atoms with Gasteiger partial charge in [0.25, 0.3) is 0 Å². The zero-order valence-corrected chi connectivity index (χ0v) is 13.2. The Morgan fingerprint density at radius 2 is 2.13 bits per heavy atom. The number of urea groups is 1. The predicted octanol–water partition coefficient (Wildman–Crippen LogP) is 0.696. The molecule has 2 atom stereocenters. The van der Waals surface area contributed by atoms with E-state index in [2.05, 4.69) is 16.0 Å². The minimum Gasteiger partial charge on any atom is -0.497 e. The van der Waals surface area contributed by atoms with Crippen LogP contribution in [0.3, 0.4) is 0 Å². The third-order valence-electron chi connectivity index (χ3n) is 3.80. The molecule has 7 heteroatoms. The van der Waals surface area contributed by atoms with Gasteiger partial charge in [-0.25, -0.2) is 4.79 Å². The van der Waals surface area contributed by atoms with Crippen molar-refractivity contribution in [3.63, 3.8) is 0 Å². The van der Waals surface area contributed by atoms with Crippen LogP contribution in [0.5, 0.6) is 5.75 Å². The van der Waals surface area contributed by atoms with Crippen molar-refractivity contribution in [1.82, 2.24) is 16.0 Å². The molecule has 3 amide bonds. The summed E-state index contributed by atoms with van der Waals surface area (Å²) in [4.78, 5) is 23.6. The summed E-state index contributed by atoms with van der Waals surface area (Å²) in [5.74, 6) is 0.541. The number of benzene rings is 1. The second-order valence-electron chi connectivity index (χ2n) is 5.48. The van der Waals surface area contributed by atoms with E-state index in [1.165, 1.54) is 0 Å². The lowest BCUT2D eigenvalue weighted by Gasteiger charge is -2.17. The Bertz CT molecular complexity index is 533. The second kappa shape index (κ2) is 8.38. The van der Waals surface area contributed by atoms with E-state index in [4.69, 9.17) is 4.74 Å². The highest BCUT2D eigenvalue weighted by Gasteiger charge is 2.22. The fourth-order valence-corrected chi connectivity index (χ4v) is 2.42. The zero-order valence-electron chi connectivity index (χ0n) is 13.2. The van der Waals surface area contributed by atoms with Gasteiger partial charge in [-0.05, 0) is 37.0 Å². The molecule has 4 N–H and O–H groups in total. The first-order valence-corrected chi connectivity index (χ1v) is 7.74. The maximum atomic E-state index is 11.9. The lowest BCUT2D eigenvalue weighted by Crippen LogP contribution is -2.49. The fourth-order valence-electron chi connectivity index (χ4n) is 2.42. The molecular weight excluding hydrogens is 298 g/mol. The lowest BCUT2D eigenvalue weighted by atomic mass is 10.1. The molecule has 1 saturated heterocycles. The number of carbonyl (C=O) groups is 2. The van der Waals surface area contributed by atoms with Gasteiger partial charge in [0.05, 0.1) is 13.2 Å². The minimum absolute atomic E-state index is 0.0620. The fraction of sp³-hybridized carbons (Fsp3) is 0.500.